The van der Waals surface area contributed by atoms with Crippen molar-refractivity contribution in [3.8, 4) is 6.07 Å². The average Bonchev–Trinajstić information content (AvgIpc) is 2.43. The van der Waals surface area contributed by atoms with Gasteiger partial charge in [0, 0.05) is 6.20 Å². The van der Waals surface area contributed by atoms with E-state index in [0.29, 0.717) is 0 Å². The molecule has 0 saturated heterocycles. The topological polar surface area (TPSA) is 48.7 Å². The fraction of sp³-hybridized carbons (Fsp3) is 0.571. The number of hydrogen-bond acceptors (Lipinski definition) is 4. The molecule has 1 atom stereocenters. The van der Waals surface area contributed by atoms with Gasteiger partial charge in [0.05, 0.1) is 11.1 Å². The molecule has 0 amide bonds. The third kappa shape index (κ3) is 4.67. The Morgan fingerprint density at radius 1 is 1.44 bits per heavy atom. The van der Waals surface area contributed by atoms with Gasteiger partial charge in [-0.2, -0.15) is 5.26 Å². The second-order valence-electron chi connectivity index (χ2n) is 4.20. The number of pyridine rings is 1. The summed E-state index contributed by atoms with van der Waals surface area (Å²) in [7, 11) is 0. The van der Waals surface area contributed by atoms with Crippen LogP contribution in [0.2, 0.25) is 0 Å². The van der Waals surface area contributed by atoms with Crippen LogP contribution in [0.1, 0.15) is 33.1 Å². The summed E-state index contributed by atoms with van der Waals surface area (Å²) in [6.45, 7) is 4.96. The highest BCUT2D eigenvalue weighted by Crippen LogP contribution is 2.21. The monoisotopic (exact) mass is 263 g/mol. The van der Waals surface area contributed by atoms with Gasteiger partial charge < -0.3 is 0 Å². The summed E-state index contributed by atoms with van der Waals surface area (Å²) < 4.78 is 0. The molecule has 1 unspecified atom stereocenters. The molecule has 0 spiro atoms. The summed E-state index contributed by atoms with van der Waals surface area (Å²) in [5.74, 6) is 1.01. The van der Waals surface area contributed by atoms with Gasteiger partial charge in [-0.3, -0.25) is 5.32 Å². The molecular formula is C14H21N3S. The van der Waals surface area contributed by atoms with Crippen molar-refractivity contribution in [1.82, 2.24) is 10.3 Å². The lowest BCUT2D eigenvalue weighted by atomic mass is 9.92. The zero-order valence-corrected chi connectivity index (χ0v) is 12.0. The Hall–Kier alpha value is -1.05. The first-order valence-corrected chi connectivity index (χ1v) is 7.45. The van der Waals surface area contributed by atoms with Crippen molar-refractivity contribution in [2.24, 2.45) is 0 Å². The Balaban J connectivity index is 2.34. The van der Waals surface area contributed by atoms with Gasteiger partial charge in [0.25, 0.3) is 0 Å². The SMILES string of the molecule is CCNC(C#N)(CC)CCCSc1ccccn1. The average molecular weight is 263 g/mol. The second kappa shape index (κ2) is 8.12. The van der Waals surface area contributed by atoms with E-state index in [0.717, 1.165) is 36.6 Å². The molecule has 1 rings (SSSR count). The number of nitriles is 1. The first-order chi connectivity index (χ1) is 8.76. The van der Waals surface area contributed by atoms with Crippen molar-refractivity contribution in [2.75, 3.05) is 12.3 Å². The molecule has 0 aliphatic carbocycles. The van der Waals surface area contributed by atoms with Gasteiger partial charge in [-0.05, 0) is 43.7 Å². The Bertz CT molecular complexity index is 374. The molecule has 18 heavy (non-hydrogen) atoms. The molecule has 0 aromatic carbocycles. The minimum atomic E-state index is -0.348. The van der Waals surface area contributed by atoms with Crippen LogP contribution in [-0.4, -0.2) is 22.8 Å². The second-order valence-corrected chi connectivity index (χ2v) is 5.31. The van der Waals surface area contributed by atoms with Crippen LogP contribution >= 0.6 is 11.8 Å². The summed E-state index contributed by atoms with van der Waals surface area (Å²) in [6, 6.07) is 8.37. The lowest BCUT2D eigenvalue weighted by Gasteiger charge is -2.25. The van der Waals surface area contributed by atoms with Gasteiger partial charge in [0.15, 0.2) is 0 Å². The molecular weight excluding hydrogens is 242 g/mol. The number of nitrogens with zero attached hydrogens (tertiary/aromatic N) is 2. The van der Waals surface area contributed by atoms with Crippen LogP contribution in [0.3, 0.4) is 0 Å². The molecule has 0 aliphatic heterocycles. The van der Waals surface area contributed by atoms with E-state index in [1.807, 2.05) is 31.3 Å². The predicted molar refractivity (Wildman–Crippen MR) is 76.5 cm³/mol. The van der Waals surface area contributed by atoms with Gasteiger partial charge in [0.2, 0.25) is 0 Å². The molecule has 4 heteroatoms. The Labute approximate surface area is 114 Å². The number of rotatable bonds is 8. The van der Waals surface area contributed by atoms with Crippen molar-refractivity contribution >= 4 is 11.8 Å². The number of hydrogen-bond donors (Lipinski definition) is 1. The van der Waals surface area contributed by atoms with E-state index in [-0.39, 0.29) is 5.54 Å². The molecule has 0 bridgehead atoms. The number of aromatic nitrogens is 1. The number of thioether (sulfide) groups is 1. The zero-order valence-electron chi connectivity index (χ0n) is 11.1. The van der Waals surface area contributed by atoms with Crippen molar-refractivity contribution in [2.45, 2.75) is 43.7 Å². The summed E-state index contributed by atoms with van der Waals surface area (Å²) in [5, 5.41) is 13.7. The lowest BCUT2D eigenvalue weighted by Crippen LogP contribution is -2.43. The van der Waals surface area contributed by atoms with Crippen LogP contribution in [0.5, 0.6) is 0 Å². The Morgan fingerprint density at radius 3 is 2.83 bits per heavy atom. The van der Waals surface area contributed by atoms with Crippen LogP contribution in [0.15, 0.2) is 29.4 Å². The Morgan fingerprint density at radius 2 is 2.28 bits per heavy atom. The standard InChI is InChI=1S/C14H21N3S/c1-3-14(12-15,17-4-2)9-7-11-18-13-8-5-6-10-16-13/h5-6,8,10,17H,3-4,7,9,11H2,1-2H3. The van der Waals surface area contributed by atoms with Crippen molar-refractivity contribution in [1.29, 1.82) is 5.26 Å². The molecule has 0 fully saturated rings. The molecule has 1 aromatic rings. The summed E-state index contributed by atoms with van der Waals surface area (Å²) in [6.07, 6.45) is 4.58. The van der Waals surface area contributed by atoms with Gasteiger partial charge >= 0.3 is 0 Å². The largest absolute Gasteiger partial charge is 0.300 e. The van der Waals surface area contributed by atoms with Crippen LogP contribution in [-0.2, 0) is 0 Å². The molecule has 0 aliphatic rings. The maximum atomic E-state index is 9.29. The van der Waals surface area contributed by atoms with Crippen molar-refractivity contribution in [3.05, 3.63) is 24.4 Å². The molecule has 1 aromatic heterocycles. The summed E-state index contributed by atoms with van der Waals surface area (Å²) in [5.41, 5.74) is -0.348. The maximum absolute atomic E-state index is 9.29. The van der Waals surface area contributed by atoms with Crippen molar-refractivity contribution < 1.29 is 0 Å². The highest BCUT2D eigenvalue weighted by molar-refractivity contribution is 7.99. The predicted octanol–water partition coefficient (Wildman–Crippen LogP) is 3.24. The summed E-state index contributed by atoms with van der Waals surface area (Å²) in [4.78, 5) is 4.27. The van der Waals surface area contributed by atoms with Crippen LogP contribution in [0, 0.1) is 11.3 Å². The maximum Gasteiger partial charge on any atom is 0.106 e. The van der Waals surface area contributed by atoms with Gasteiger partial charge in [-0.15, -0.1) is 11.8 Å². The zero-order chi connectivity index (χ0) is 13.3. The minimum Gasteiger partial charge on any atom is -0.300 e. The highest BCUT2D eigenvalue weighted by Gasteiger charge is 2.25. The van der Waals surface area contributed by atoms with E-state index in [1.54, 1.807) is 11.8 Å². The fourth-order valence-electron chi connectivity index (χ4n) is 1.89. The molecule has 1 N–H and O–H groups in total. The molecule has 0 saturated carbocycles. The van der Waals surface area contributed by atoms with E-state index in [4.69, 9.17) is 0 Å². The molecule has 98 valence electrons. The van der Waals surface area contributed by atoms with E-state index < -0.39 is 0 Å². The van der Waals surface area contributed by atoms with E-state index in [9.17, 15) is 5.26 Å². The quantitative estimate of drug-likeness (QED) is 0.578. The molecule has 3 nitrogen and oxygen atoms in total. The highest BCUT2D eigenvalue weighted by atomic mass is 32.2. The third-order valence-electron chi connectivity index (χ3n) is 2.97. The smallest absolute Gasteiger partial charge is 0.106 e. The number of nitrogens with one attached hydrogen (secondary N) is 1. The first-order valence-electron chi connectivity index (χ1n) is 6.46. The third-order valence-corrected chi connectivity index (χ3v) is 4.00. The first kappa shape index (κ1) is 15.0. The van der Waals surface area contributed by atoms with Gasteiger partial charge in [-0.1, -0.05) is 19.9 Å². The lowest BCUT2D eigenvalue weighted by molar-refractivity contribution is 0.379. The van der Waals surface area contributed by atoms with Gasteiger partial charge in [-0.25, -0.2) is 4.98 Å². The van der Waals surface area contributed by atoms with Crippen LogP contribution in [0.25, 0.3) is 0 Å². The fourth-order valence-corrected chi connectivity index (χ4v) is 2.69. The van der Waals surface area contributed by atoms with Crippen LogP contribution < -0.4 is 5.32 Å². The van der Waals surface area contributed by atoms with E-state index in [2.05, 4.69) is 23.3 Å². The molecule has 0 radical (unpaired) electrons. The Kier molecular flexibility index (Phi) is 6.77. The minimum absolute atomic E-state index is 0.348. The van der Waals surface area contributed by atoms with E-state index >= 15 is 0 Å². The molecule has 1 heterocycles. The van der Waals surface area contributed by atoms with Crippen molar-refractivity contribution in [3.63, 3.8) is 0 Å². The van der Waals surface area contributed by atoms with Crippen LogP contribution in [0.4, 0.5) is 0 Å². The van der Waals surface area contributed by atoms with Gasteiger partial charge in [0.1, 0.15) is 5.54 Å². The normalized spacial score (nSPS) is 13.8. The van der Waals surface area contributed by atoms with E-state index in [1.165, 1.54) is 0 Å². The summed E-state index contributed by atoms with van der Waals surface area (Å²) >= 11 is 1.75.